The molecule has 1 fully saturated rings. The molecule has 0 bridgehead atoms. The Morgan fingerprint density at radius 2 is 2.05 bits per heavy atom. The van der Waals surface area contributed by atoms with E-state index in [0.29, 0.717) is 30.5 Å². The summed E-state index contributed by atoms with van der Waals surface area (Å²) in [5, 5.41) is 0.358. The van der Waals surface area contributed by atoms with Crippen LogP contribution in [-0.2, 0) is 10.2 Å². The molecule has 1 aliphatic heterocycles. The molecule has 5 heteroatoms. The van der Waals surface area contributed by atoms with Crippen molar-refractivity contribution >= 4 is 17.5 Å². The highest BCUT2D eigenvalue weighted by Gasteiger charge is 2.35. The van der Waals surface area contributed by atoms with Crippen molar-refractivity contribution in [3.05, 3.63) is 28.5 Å². The van der Waals surface area contributed by atoms with E-state index in [0.717, 1.165) is 5.69 Å². The van der Waals surface area contributed by atoms with Gasteiger partial charge in [0.05, 0.1) is 18.8 Å². The molecular weight excluding hydrogens is 288 g/mol. The van der Waals surface area contributed by atoms with E-state index in [1.54, 1.807) is 6.07 Å². The maximum atomic E-state index is 12.8. The number of hydrogen-bond donors (Lipinski definition) is 0. The highest BCUT2D eigenvalue weighted by Crippen LogP contribution is 2.26. The lowest BCUT2D eigenvalue weighted by Crippen LogP contribution is -2.55. The average molecular weight is 311 g/mol. The fourth-order valence-electron chi connectivity index (χ4n) is 2.40. The van der Waals surface area contributed by atoms with E-state index < -0.39 is 0 Å². The highest BCUT2D eigenvalue weighted by atomic mass is 35.5. The smallest absolute Gasteiger partial charge is 0.254 e. The highest BCUT2D eigenvalue weighted by molar-refractivity contribution is 6.29. The summed E-state index contributed by atoms with van der Waals surface area (Å²) in [4.78, 5) is 19.0. The number of carbonyl (C=O) groups is 1. The standard InChI is InChI=1S/C16H23ClN2O2/c1-15(2,3)12-8-11(9-13(17)18-12)14(20)19-6-7-21-10-16(19,4)5/h8-9H,6-7,10H2,1-5H3. The van der Waals surface area contributed by atoms with E-state index in [1.165, 1.54) is 0 Å². The largest absolute Gasteiger partial charge is 0.377 e. The fraction of sp³-hybridized carbons (Fsp3) is 0.625. The van der Waals surface area contributed by atoms with Crippen LogP contribution in [0.4, 0.5) is 0 Å². The minimum Gasteiger partial charge on any atom is -0.377 e. The summed E-state index contributed by atoms with van der Waals surface area (Å²) in [5.41, 5.74) is 0.951. The molecule has 1 aromatic heterocycles. The second-order valence-electron chi connectivity index (χ2n) is 7.14. The Bertz CT molecular complexity index is 550. The maximum Gasteiger partial charge on any atom is 0.254 e. The third-order valence-corrected chi connectivity index (χ3v) is 3.89. The summed E-state index contributed by atoms with van der Waals surface area (Å²) < 4.78 is 5.47. The van der Waals surface area contributed by atoms with Gasteiger partial charge in [-0.2, -0.15) is 0 Å². The lowest BCUT2D eigenvalue weighted by molar-refractivity contribution is -0.0370. The van der Waals surface area contributed by atoms with Crippen molar-refractivity contribution in [2.24, 2.45) is 0 Å². The van der Waals surface area contributed by atoms with E-state index in [-0.39, 0.29) is 16.9 Å². The summed E-state index contributed by atoms with van der Waals surface area (Å²) in [7, 11) is 0. The molecule has 0 radical (unpaired) electrons. The first-order valence-corrected chi connectivity index (χ1v) is 7.57. The molecule has 0 unspecified atom stereocenters. The molecule has 0 atom stereocenters. The summed E-state index contributed by atoms with van der Waals surface area (Å²) in [6.07, 6.45) is 0. The molecule has 0 aromatic carbocycles. The molecule has 0 saturated carbocycles. The van der Waals surface area contributed by atoms with Gasteiger partial charge < -0.3 is 9.64 Å². The van der Waals surface area contributed by atoms with E-state index in [2.05, 4.69) is 25.8 Å². The molecule has 2 rings (SSSR count). The van der Waals surface area contributed by atoms with Crippen LogP contribution in [0.5, 0.6) is 0 Å². The fourth-order valence-corrected chi connectivity index (χ4v) is 2.60. The van der Waals surface area contributed by atoms with Gasteiger partial charge in [-0.3, -0.25) is 4.79 Å². The third-order valence-electron chi connectivity index (χ3n) is 3.70. The minimum atomic E-state index is -0.313. The van der Waals surface area contributed by atoms with Crippen molar-refractivity contribution in [1.29, 1.82) is 0 Å². The van der Waals surface area contributed by atoms with Crippen molar-refractivity contribution in [3.63, 3.8) is 0 Å². The van der Waals surface area contributed by atoms with Gasteiger partial charge in [-0.15, -0.1) is 0 Å². The Labute approximate surface area is 131 Å². The topological polar surface area (TPSA) is 42.4 Å². The second kappa shape index (κ2) is 5.58. The number of pyridine rings is 1. The number of hydrogen-bond acceptors (Lipinski definition) is 3. The van der Waals surface area contributed by atoms with Crippen LogP contribution in [0.25, 0.3) is 0 Å². The summed E-state index contributed by atoms with van der Waals surface area (Å²) >= 11 is 6.10. The molecule has 116 valence electrons. The number of carbonyl (C=O) groups excluding carboxylic acids is 1. The zero-order chi connectivity index (χ0) is 15.8. The SMILES string of the molecule is CC(C)(C)c1cc(C(=O)N2CCOCC2(C)C)cc(Cl)n1. The quantitative estimate of drug-likeness (QED) is 0.748. The Morgan fingerprint density at radius 3 is 2.62 bits per heavy atom. The van der Waals surface area contributed by atoms with Gasteiger partial charge in [0.1, 0.15) is 5.15 Å². The van der Waals surface area contributed by atoms with E-state index in [4.69, 9.17) is 16.3 Å². The molecule has 1 amide bonds. The van der Waals surface area contributed by atoms with E-state index in [1.807, 2.05) is 24.8 Å². The lowest BCUT2D eigenvalue weighted by atomic mass is 9.90. The van der Waals surface area contributed by atoms with Crippen LogP contribution in [0.2, 0.25) is 5.15 Å². The van der Waals surface area contributed by atoms with Crippen molar-refractivity contribution in [2.75, 3.05) is 19.8 Å². The van der Waals surface area contributed by atoms with Crippen LogP contribution in [0.15, 0.2) is 12.1 Å². The van der Waals surface area contributed by atoms with Crippen LogP contribution in [0.1, 0.15) is 50.7 Å². The molecule has 0 N–H and O–H groups in total. The molecular formula is C16H23ClN2O2. The molecule has 2 heterocycles. The van der Waals surface area contributed by atoms with E-state index in [9.17, 15) is 4.79 Å². The predicted molar refractivity (Wildman–Crippen MR) is 83.9 cm³/mol. The van der Waals surface area contributed by atoms with Crippen molar-refractivity contribution in [1.82, 2.24) is 9.88 Å². The normalized spacial score (nSPS) is 18.7. The third kappa shape index (κ3) is 3.55. The van der Waals surface area contributed by atoms with Gasteiger partial charge in [0.15, 0.2) is 0 Å². The zero-order valence-electron chi connectivity index (χ0n) is 13.4. The molecule has 4 nitrogen and oxygen atoms in total. The number of amides is 1. The Morgan fingerprint density at radius 1 is 1.38 bits per heavy atom. The van der Waals surface area contributed by atoms with Crippen LogP contribution >= 0.6 is 11.6 Å². The zero-order valence-corrected chi connectivity index (χ0v) is 14.1. The van der Waals surface area contributed by atoms with Crippen LogP contribution < -0.4 is 0 Å². The predicted octanol–water partition coefficient (Wildman–Crippen LogP) is 3.28. The summed E-state index contributed by atoms with van der Waals surface area (Å²) in [5.74, 6) is -0.0156. The number of ether oxygens (including phenoxy) is 1. The summed E-state index contributed by atoms with van der Waals surface area (Å²) in [6.45, 7) is 11.9. The van der Waals surface area contributed by atoms with Gasteiger partial charge >= 0.3 is 0 Å². The van der Waals surface area contributed by atoms with Gasteiger partial charge in [-0.25, -0.2) is 4.98 Å². The van der Waals surface area contributed by atoms with Crippen LogP contribution in [-0.4, -0.2) is 41.1 Å². The van der Waals surface area contributed by atoms with Crippen molar-refractivity contribution in [2.45, 2.75) is 45.6 Å². The first-order valence-electron chi connectivity index (χ1n) is 7.19. The summed E-state index contributed by atoms with van der Waals surface area (Å²) in [6, 6.07) is 3.49. The second-order valence-corrected chi connectivity index (χ2v) is 7.52. The molecule has 1 aromatic rings. The molecule has 0 spiro atoms. The van der Waals surface area contributed by atoms with Gasteiger partial charge in [0, 0.05) is 23.2 Å². The Balaban J connectivity index is 2.37. The van der Waals surface area contributed by atoms with Gasteiger partial charge in [0.25, 0.3) is 5.91 Å². The monoisotopic (exact) mass is 310 g/mol. The average Bonchev–Trinajstić information content (AvgIpc) is 2.35. The Kier molecular flexibility index (Phi) is 4.31. The molecule has 1 aliphatic rings. The van der Waals surface area contributed by atoms with Gasteiger partial charge in [-0.1, -0.05) is 32.4 Å². The molecule has 0 aliphatic carbocycles. The number of aromatic nitrogens is 1. The molecule has 21 heavy (non-hydrogen) atoms. The number of halogens is 1. The molecule has 1 saturated heterocycles. The first-order chi connectivity index (χ1) is 9.61. The minimum absolute atomic E-state index is 0.0156. The van der Waals surface area contributed by atoms with Crippen molar-refractivity contribution in [3.8, 4) is 0 Å². The Hall–Kier alpha value is -1.13. The number of nitrogens with zero attached hydrogens (tertiary/aromatic N) is 2. The van der Waals surface area contributed by atoms with E-state index >= 15 is 0 Å². The van der Waals surface area contributed by atoms with Gasteiger partial charge in [-0.05, 0) is 26.0 Å². The van der Waals surface area contributed by atoms with Crippen molar-refractivity contribution < 1.29 is 9.53 Å². The number of morpholine rings is 1. The lowest BCUT2D eigenvalue weighted by Gasteiger charge is -2.42. The van der Waals surface area contributed by atoms with Crippen LogP contribution in [0, 0.1) is 0 Å². The van der Waals surface area contributed by atoms with Gasteiger partial charge in [0.2, 0.25) is 0 Å². The maximum absolute atomic E-state index is 12.8. The van der Waals surface area contributed by atoms with Crippen LogP contribution in [0.3, 0.4) is 0 Å². The number of rotatable bonds is 1. The first kappa shape index (κ1) is 16.2.